The van der Waals surface area contributed by atoms with Gasteiger partial charge in [0.25, 0.3) is 0 Å². The van der Waals surface area contributed by atoms with Gasteiger partial charge in [-0.2, -0.15) is 0 Å². The second kappa shape index (κ2) is 6.94. The van der Waals surface area contributed by atoms with Gasteiger partial charge in [-0.1, -0.05) is 26.0 Å². The van der Waals surface area contributed by atoms with Gasteiger partial charge in [0.1, 0.15) is 12.4 Å². The van der Waals surface area contributed by atoms with E-state index in [9.17, 15) is 4.79 Å². The molecule has 0 bridgehead atoms. The lowest BCUT2D eigenvalue weighted by Gasteiger charge is -2.11. The molecule has 0 saturated carbocycles. The van der Waals surface area contributed by atoms with Crippen molar-refractivity contribution < 1.29 is 9.53 Å². The Morgan fingerprint density at radius 3 is 2.88 bits per heavy atom. The van der Waals surface area contributed by atoms with E-state index >= 15 is 0 Å². The molecule has 0 aromatic heterocycles. The summed E-state index contributed by atoms with van der Waals surface area (Å²) in [7, 11) is 0. The molecular weight excluding hydrogens is 214 g/mol. The van der Waals surface area contributed by atoms with E-state index in [1.54, 1.807) is 0 Å². The average molecular weight is 235 g/mol. The van der Waals surface area contributed by atoms with Crippen molar-refractivity contribution in [2.75, 3.05) is 13.2 Å². The zero-order valence-corrected chi connectivity index (χ0v) is 10.8. The summed E-state index contributed by atoms with van der Waals surface area (Å²) in [6, 6.07) is 7.89. The van der Waals surface area contributed by atoms with Crippen LogP contribution in [0.3, 0.4) is 0 Å². The van der Waals surface area contributed by atoms with Gasteiger partial charge in [-0.05, 0) is 31.0 Å². The molecule has 1 aromatic carbocycles. The Morgan fingerprint density at radius 2 is 2.24 bits per heavy atom. The molecule has 0 radical (unpaired) electrons. The first-order chi connectivity index (χ1) is 8.13. The SMILES string of the molecule is CCC(C)C(=O)NCCOc1cccc(C)c1. The lowest BCUT2D eigenvalue weighted by atomic mass is 10.1. The molecule has 0 saturated heterocycles. The standard InChI is InChI=1S/C14H21NO2/c1-4-12(3)14(16)15-8-9-17-13-7-5-6-11(2)10-13/h5-7,10,12H,4,8-9H2,1-3H3,(H,15,16). The number of benzene rings is 1. The third kappa shape index (κ3) is 4.89. The Bertz CT molecular complexity index is 363. The Kier molecular flexibility index (Phi) is 5.53. The van der Waals surface area contributed by atoms with Crippen LogP contribution in [0, 0.1) is 12.8 Å². The second-order valence-electron chi connectivity index (χ2n) is 4.27. The van der Waals surface area contributed by atoms with Gasteiger partial charge in [0.05, 0.1) is 6.54 Å². The molecule has 1 amide bonds. The number of rotatable bonds is 6. The Morgan fingerprint density at radius 1 is 1.47 bits per heavy atom. The third-order valence-electron chi connectivity index (χ3n) is 2.72. The molecule has 1 N–H and O–H groups in total. The van der Waals surface area contributed by atoms with Crippen molar-refractivity contribution in [2.24, 2.45) is 5.92 Å². The molecule has 3 heteroatoms. The summed E-state index contributed by atoms with van der Waals surface area (Å²) >= 11 is 0. The summed E-state index contributed by atoms with van der Waals surface area (Å²) in [5.41, 5.74) is 1.17. The lowest BCUT2D eigenvalue weighted by Crippen LogP contribution is -2.32. The van der Waals surface area contributed by atoms with E-state index in [4.69, 9.17) is 4.74 Å². The Balaban J connectivity index is 2.22. The van der Waals surface area contributed by atoms with Crippen LogP contribution in [0.5, 0.6) is 5.75 Å². The molecule has 94 valence electrons. The van der Waals surface area contributed by atoms with E-state index in [1.807, 2.05) is 45.0 Å². The van der Waals surface area contributed by atoms with Crippen LogP contribution < -0.4 is 10.1 Å². The maximum absolute atomic E-state index is 11.5. The highest BCUT2D eigenvalue weighted by Gasteiger charge is 2.08. The van der Waals surface area contributed by atoms with Crippen LogP contribution in [0.4, 0.5) is 0 Å². The highest BCUT2D eigenvalue weighted by molar-refractivity contribution is 5.78. The largest absolute Gasteiger partial charge is 0.492 e. The van der Waals surface area contributed by atoms with Gasteiger partial charge in [0.2, 0.25) is 5.91 Å². The summed E-state index contributed by atoms with van der Waals surface area (Å²) in [4.78, 5) is 11.5. The van der Waals surface area contributed by atoms with E-state index in [2.05, 4.69) is 5.32 Å². The molecule has 0 fully saturated rings. The molecule has 17 heavy (non-hydrogen) atoms. The van der Waals surface area contributed by atoms with Crippen molar-refractivity contribution in [1.82, 2.24) is 5.32 Å². The van der Waals surface area contributed by atoms with Crippen molar-refractivity contribution in [2.45, 2.75) is 27.2 Å². The van der Waals surface area contributed by atoms with Crippen molar-refractivity contribution >= 4 is 5.91 Å². The summed E-state index contributed by atoms with van der Waals surface area (Å²) in [6.45, 7) is 7.02. The highest BCUT2D eigenvalue weighted by atomic mass is 16.5. The summed E-state index contributed by atoms with van der Waals surface area (Å²) in [5.74, 6) is 1.03. The molecule has 0 aliphatic heterocycles. The predicted molar refractivity (Wildman–Crippen MR) is 69.1 cm³/mol. The van der Waals surface area contributed by atoms with Crippen LogP contribution in [-0.2, 0) is 4.79 Å². The monoisotopic (exact) mass is 235 g/mol. The molecule has 1 atom stereocenters. The minimum absolute atomic E-state index is 0.0777. The van der Waals surface area contributed by atoms with E-state index in [0.717, 1.165) is 12.2 Å². The van der Waals surface area contributed by atoms with Crippen molar-refractivity contribution in [3.63, 3.8) is 0 Å². The van der Waals surface area contributed by atoms with E-state index in [1.165, 1.54) is 5.56 Å². The van der Waals surface area contributed by atoms with Crippen LogP contribution in [0.25, 0.3) is 0 Å². The summed E-state index contributed by atoms with van der Waals surface area (Å²) < 4.78 is 5.54. The van der Waals surface area contributed by atoms with Gasteiger partial charge >= 0.3 is 0 Å². The Labute approximate surface area is 103 Å². The van der Waals surface area contributed by atoms with Crippen LogP contribution in [0.2, 0.25) is 0 Å². The van der Waals surface area contributed by atoms with E-state index < -0.39 is 0 Å². The molecule has 1 aromatic rings. The van der Waals surface area contributed by atoms with E-state index in [-0.39, 0.29) is 11.8 Å². The van der Waals surface area contributed by atoms with Gasteiger partial charge in [-0.3, -0.25) is 4.79 Å². The minimum atomic E-state index is 0.0777. The van der Waals surface area contributed by atoms with Crippen LogP contribution >= 0.6 is 0 Å². The fourth-order valence-corrected chi connectivity index (χ4v) is 1.41. The van der Waals surface area contributed by atoms with Crippen LogP contribution in [-0.4, -0.2) is 19.1 Å². The normalized spacial score (nSPS) is 11.9. The fourth-order valence-electron chi connectivity index (χ4n) is 1.41. The smallest absolute Gasteiger partial charge is 0.222 e. The number of carbonyl (C=O) groups is 1. The van der Waals surface area contributed by atoms with Crippen LogP contribution in [0.15, 0.2) is 24.3 Å². The topological polar surface area (TPSA) is 38.3 Å². The number of aryl methyl sites for hydroxylation is 1. The first kappa shape index (κ1) is 13.6. The molecule has 0 aliphatic rings. The Hall–Kier alpha value is -1.51. The van der Waals surface area contributed by atoms with Gasteiger partial charge in [0.15, 0.2) is 0 Å². The average Bonchev–Trinajstić information content (AvgIpc) is 2.33. The maximum Gasteiger partial charge on any atom is 0.222 e. The van der Waals surface area contributed by atoms with Crippen molar-refractivity contribution in [3.8, 4) is 5.75 Å². The summed E-state index contributed by atoms with van der Waals surface area (Å²) in [5, 5.41) is 2.85. The van der Waals surface area contributed by atoms with Gasteiger partial charge in [0, 0.05) is 5.92 Å². The predicted octanol–water partition coefficient (Wildman–Crippen LogP) is 2.54. The van der Waals surface area contributed by atoms with Gasteiger partial charge < -0.3 is 10.1 Å². The fraction of sp³-hybridized carbons (Fsp3) is 0.500. The highest BCUT2D eigenvalue weighted by Crippen LogP contribution is 2.11. The zero-order chi connectivity index (χ0) is 12.7. The summed E-state index contributed by atoms with van der Waals surface area (Å²) in [6.07, 6.45) is 0.866. The van der Waals surface area contributed by atoms with Crippen LogP contribution in [0.1, 0.15) is 25.8 Å². The number of carbonyl (C=O) groups excluding carboxylic acids is 1. The number of amides is 1. The third-order valence-corrected chi connectivity index (χ3v) is 2.72. The number of hydrogen-bond donors (Lipinski definition) is 1. The molecule has 3 nitrogen and oxygen atoms in total. The molecule has 1 rings (SSSR count). The zero-order valence-electron chi connectivity index (χ0n) is 10.8. The second-order valence-corrected chi connectivity index (χ2v) is 4.27. The lowest BCUT2D eigenvalue weighted by molar-refractivity contribution is -0.124. The number of nitrogens with one attached hydrogen (secondary N) is 1. The quantitative estimate of drug-likeness (QED) is 0.769. The number of ether oxygens (including phenoxy) is 1. The van der Waals surface area contributed by atoms with Crippen molar-refractivity contribution in [1.29, 1.82) is 0 Å². The number of hydrogen-bond acceptors (Lipinski definition) is 2. The maximum atomic E-state index is 11.5. The molecule has 1 unspecified atom stereocenters. The van der Waals surface area contributed by atoms with E-state index in [0.29, 0.717) is 13.2 Å². The molecular formula is C14H21NO2. The van der Waals surface area contributed by atoms with Gasteiger partial charge in [-0.25, -0.2) is 0 Å². The van der Waals surface area contributed by atoms with Crippen molar-refractivity contribution in [3.05, 3.63) is 29.8 Å². The first-order valence-corrected chi connectivity index (χ1v) is 6.10. The van der Waals surface area contributed by atoms with Gasteiger partial charge in [-0.15, -0.1) is 0 Å². The molecule has 0 heterocycles. The minimum Gasteiger partial charge on any atom is -0.492 e. The first-order valence-electron chi connectivity index (χ1n) is 6.10. The molecule has 0 spiro atoms. The molecule has 0 aliphatic carbocycles.